The molecule has 0 aliphatic heterocycles. The van der Waals surface area contributed by atoms with Crippen molar-refractivity contribution in [3.05, 3.63) is 18.0 Å². The molecular weight excluding hydrogens is 124 g/mol. The maximum absolute atomic E-state index is 4.17. The number of nitrogens with zero attached hydrogens (tertiary/aromatic N) is 2. The Hall–Kier alpha value is -0.790. The Morgan fingerprint density at radius 1 is 1.60 bits per heavy atom. The molecule has 0 bridgehead atoms. The van der Waals surface area contributed by atoms with Crippen LogP contribution in [0.2, 0.25) is 0 Å². The SMILES string of the molecule is CCCCn1cc(C)cn1. The van der Waals surface area contributed by atoms with E-state index >= 15 is 0 Å². The van der Waals surface area contributed by atoms with E-state index in [2.05, 4.69) is 25.1 Å². The predicted octanol–water partition coefficient (Wildman–Crippen LogP) is 1.99. The Labute approximate surface area is 61.9 Å². The van der Waals surface area contributed by atoms with Gasteiger partial charge in [0, 0.05) is 12.7 Å². The van der Waals surface area contributed by atoms with Gasteiger partial charge >= 0.3 is 0 Å². The molecule has 1 aromatic heterocycles. The third kappa shape index (κ3) is 1.87. The molecule has 1 heterocycles. The maximum atomic E-state index is 4.17. The van der Waals surface area contributed by atoms with E-state index in [0.717, 1.165) is 6.54 Å². The zero-order valence-corrected chi connectivity index (χ0v) is 6.67. The van der Waals surface area contributed by atoms with Gasteiger partial charge in [0.2, 0.25) is 0 Å². The molecular formula is C8H14N2. The lowest BCUT2D eigenvalue weighted by Crippen LogP contribution is -1.96. The zero-order valence-electron chi connectivity index (χ0n) is 6.67. The summed E-state index contributed by atoms with van der Waals surface area (Å²) in [5, 5.41) is 4.17. The fourth-order valence-corrected chi connectivity index (χ4v) is 0.909. The first-order valence-electron chi connectivity index (χ1n) is 3.82. The van der Waals surface area contributed by atoms with Gasteiger partial charge in [0.25, 0.3) is 0 Å². The Morgan fingerprint density at radius 3 is 2.90 bits per heavy atom. The fraction of sp³-hybridized carbons (Fsp3) is 0.625. The molecule has 56 valence electrons. The molecule has 0 N–H and O–H groups in total. The van der Waals surface area contributed by atoms with Crippen molar-refractivity contribution in [1.29, 1.82) is 0 Å². The number of aromatic nitrogens is 2. The first-order chi connectivity index (χ1) is 4.83. The second-order valence-corrected chi connectivity index (χ2v) is 2.63. The van der Waals surface area contributed by atoms with Crippen molar-refractivity contribution in [2.24, 2.45) is 0 Å². The number of unbranched alkanes of at least 4 members (excludes halogenated alkanes) is 1. The van der Waals surface area contributed by atoms with Crippen LogP contribution in [0.3, 0.4) is 0 Å². The summed E-state index contributed by atoms with van der Waals surface area (Å²) in [6.45, 7) is 5.32. The van der Waals surface area contributed by atoms with Crippen LogP contribution in [0, 0.1) is 6.92 Å². The van der Waals surface area contributed by atoms with Crippen molar-refractivity contribution < 1.29 is 0 Å². The second kappa shape index (κ2) is 3.40. The molecule has 0 spiro atoms. The normalized spacial score (nSPS) is 10.2. The van der Waals surface area contributed by atoms with Gasteiger partial charge < -0.3 is 0 Å². The molecule has 2 heteroatoms. The number of aryl methyl sites for hydroxylation is 2. The molecule has 0 aliphatic rings. The van der Waals surface area contributed by atoms with Gasteiger partial charge in [-0.15, -0.1) is 0 Å². The smallest absolute Gasteiger partial charge is 0.0518 e. The third-order valence-corrected chi connectivity index (χ3v) is 1.50. The van der Waals surface area contributed by atoms with Crippen LogP contribution in [0.4, 0.5) is 0 Å². The second-order valence-electron chi connectivity index (χ2n) is 2.63. The lowest BCUT2D eigenvalue weighted by molar-refractivity contribution is 0.571. The quantitative estimate of drug-likeness (QED) is 0.624. The third-order valence-electron chi connectivity index (χ3n) is 1.50. The zero-order chi connectivity index (χ0) is 7.40. The first-order valence-corrected chi connectivity index (χ1v) is 3.82. The Bertz CT molecular complexity index is 191. The predicted molar refractivity (Wildman–Crippen MR) is 41.9 cm³/mol. The molecule has 0 aromatic carbocycles. The van der Waals surface area contributed by atoms with Gasteiger partial charge in [0.05, 0.1) is 6.20 Å². The molecule has 0 saturated heterocycles. The van der Waals surface area contributed by atoms with E-state index < -0.39 is 0 Å². The summed E-state index contributed by atoms with van der Waals surface area (Å²) in [6.07, 6.45) is 6.44. The van der Waals surface area contributed by atoms with Crippen LogP contribution in [0.5, 0.6) is 0 Å². The average molecular weight is 138 g/mol. The molecule has 0 atom stereocenters. The van der Waals surface area contributed by atoms with E-state index in [9.17, 15) is 0 Å². The van der Waals surface area contributed by atoms with Gasteiger partial charge in [-0.25, -0.2) is 0 Å². The van der Waals surface area contributed by atoms with Gasteiger partial charge in [0.15, 0.2) is 0 Å². The largest absolute Gasteiger partial charge is 0.272 e. The summed E-state index contributed by atoms with van der Waals surface area (Å²) in [4.78, 5) is 0. The molecule has 0 fully saturated rings. The fourth-order valence-electron chi connectivity index (χ4n) is 0.909. The van der Waals surface area contributed by atoms with E-state index in [4.69, 9.17) is 0 Å². The van der Waals surface area contributed by atoms with Gasteiger partial charge in [-0.3, -0.25) is 4.68 Å². The maximum Gasteiger partial charge on any atom is 0.0518 e. The van der Waals surface area contributed by atoms with Crippen LogP contribution in [-0.2, 0) is 6.54 Å². The molecule has 10 heavy (non-hydrogen) atoms. The van der Waals surface area contributed by atoms with Crippen molar-refractivity contribution in [2.75, 3.05) is 0 Å². The highest BCUT2D eigenvalue weighted by Gasteiger charge is 1.90. The number of hydrogen-bond acceptors (Lipinski definition) is 1. The lowest BCUT2D eigenvalue weighted by atomic mass is 10.3. The Kier molecular flexibility index (Phi) is 2.49. The Balaban J connectivity index is 2.42. The van der Waals surface area contributed by atoms with E-state index in [1.807, 2.05) is 10.9 Å². The van der Waals surface area contributed by atoms with Crippen molar-refractivity contribution in [3.63, 3.8) is 0 Å². The van der Waals surface area contributed by atoms with E-state index in [1.54, 1.807) is 0 Å². The minimum atomic E-state index is 1.06. The summed E-state index contributed by atoms with van der Waals surface area (Å²) in [5.74, 6) is 0. The standard InChI is InChI=1S/C8H14N2/c1-3-4-5-10-7-8(2)6-9-10/h6-7H,3-5H2,1-2H3. The van der Waals surface area contributed by atoms with Crippen LogP contribution >= 0.6 is 0 Å². The van der Waals surface area contributed by atoms with Crippen LogP contribution < -0.4 is 0 Å². The highest BCUT2D eigenvalue weighted by Crippen LogP contribution is 1.96. The van der Waals surface area contributed by atoms with Crippen molar-refractivity contribution in [2.45, 2.75) is 33.2 Å². The molecule has 0 amide bonds. The topological polar surface area (TPSA) is 17.8 Å². The highest BCUT2D eigenvalue weighted by molar-refractivity contribution is 4.99. The minimum Gasteiger partial charge on any atom is -0.272 e. The van der Waals surface area contributed by atoms with Gasteiger partial charge in [-0.1, -0.05) is 13.3 Å². The van der Waals surface area contributed by atoms with Crippen LogP contribution in [-0.4, -0.2) is 9.78 Å². The summed E-state index contributed by atoms with van der Waals surface area (Å²) in [5.41, 5.74) is 1.25. The molecule has 0 radical (unpaired) electrons. The average Bonchev–Trinajstić information content (AvgIpc) is 2.31. The highest BCUT2D eigenvalue weighted by atomic mass is 15.3. The van der Waals surface area contributed by atoms with Crippen LogP contribution in [0.1, 0.15) is 25.3 Å². The molecule has 1 rings (SSSR count). The van der Waals surface area contributed by atoms with E-state index in [0.29, 0.717) is 0 Å². The summed E-state index contributed by atoms with van der Waals surface area (Å²) >= 11 is 0. The van der Waals surface area contributed by atoms with E-state index in [1.165, 1.54) is 18.4 Å². The van der Waals surface area contributed by atoms with Gasteiger partial charge in [-0.2, -0.15) is 5.10 Å². The monoisotopic (exact) mass is 138 g/mol. The van der Waals surface area contributed by atoms with Crippen LogP contribution in [0.25, 0.3) is 0 Å². The van der Waals surface area contributed by atoms with Crippen molar-refractivity contribution in [1.82, 2.24) is 9.78 Å². The molecule has 0 aliphatic carbocycles. The molecule has 0 unspecified atom stereocenters. The number of hydrogen-bond donors (Lipinski definition) is 0. The molecule has 0 saturated carbocycles. The number of rotatable bonds is 3. The Morgan fingerprint density at radius 2 is 2.40 bits per heavy atom. The summed E-state index contributed by atoms with van der Waals surface area (Å²) in [6, 6.07) is 0. The molecule has 1 aromatic rings. The van der Waals surface area contributed by atoms with Crippen LogP contribution in [0.15, 0.2) is 12.4 Å². The summed E-state index contributed by atoms with van der Waals surface area (Å²) in [7, 11) is 0. The van der Waals surface area contributed by atoms with Gasteiger partial charge in [0.1, 0.15) is 0 Å². The first kappa shape index (κ1) is 7.32. The lowest BCUT2D eigenvalue weighted by Gasteiger charge is -1.96. The van der Waals surface area contributed by atoms with Crippen molar-refractivity contribution in [3.8, 4) is 0 Å². The van der Waals surface area contributed by atoms with Crippen molar-refractivity contribution >= 4 is 0 Å². The minimum absolute atomic E-state index is 1.06. The van der Waals surface area contributed by atoms with E-state index in [-0.39, 0.29) is 0 Å². The molecule has 2 nitrogen and oxygen atoms in total. The van der Waals surface area contributed by atoms with Gasteiger partial charge in [-0.05, 0) is 18.9 Å². The summed E-state index contributed by atoms with van der Waals surface area (Å²) < 4.78 is 2.00.